The van der Waals surface area contributed by atoms with E-state index < -0.39 is 11.1 Å². The maximum atomic E-state index is 14.7. The maximum absolute atomic E-state index is 14.7. The van der Waals surface area contributed by atoms with Gasteiger partial charge in [0.25, 0.3) is 0 Å². The molecular weight excluding hydrogens is 471 g/mol. The summed E-state index contributed by atoms with van der Waals surface area (Å²) in [7, 11) is 0. The van der Waals surface area contributed by atoms with E-state index >= 15 is 0 Å². The highest BCUT2D eigenvalue weighted by Gasteiger charge is 2.30. The zero-order valence-electron chi connectivity index (χ0n) is 19.6. The molecule has 0 radical (unpaired) electrons. The second kappa shape index (κ2) is 9.88. The minimum absolute atomic E-state index is 0.0501. The molecule has 0 saturated carbocycles. The van der Waals surface area contributed by atoms with Crippen molar-refractivity contribution in [3.05, 3.63) is 53.9 Å². The second-order valence-corrected chi connectivity index (χ2v) is 9.75. The lowest BCUT2D eigenvalue weighted by Crippen LogP contribution is -2.53. The first-order valence-corrected chi connectivity index (χ1v) is 12.8. The predicted octanol–water partition coefficient (Wildman–Crippen LogP) is 2.28. The SMILES string of the molecule is CC1CN(c2cc(F)cc(N3CCc4nc(-c5ncccn5)ncc4C3C)n2)CCN1CS(=O)O. The third kappa shape index (κ3) is 5.00. The molecule has 2 aliphatic rings. The van der Waals surface area contributed by atoms with E-state index in [4.69, 9.17) is 9.97 Å². The molecule has 35 heavy (non-hydrogen) atoms. The fraction of sp³-hybridized carbons (Fsp3) is 0.435. The summed E-state index contributed by atoms with van der Waals surface area (Å²) in [5, 5.41) is 0. The van der Waals surface area contributed by atoms with Gasteiger partial charge < -0.3 is 14.4 Å². The Kier molecular flexibility index (Phi) is 6.67. The van der Waals surface area contributed by atoms with Gasteiger partial charge in [0.15, 0.2) is 22.7 Å². The van der Waals surface area contributed by atoms with Crippen molar-refractivity contribution in [3.8, 4) is 11.6 Å². The topological polar surface area (TPSA) is 111 Å². The number of rotatable bonds is 5. The average Bonchev–Trinajstić information content (AvgIpc) is 2.85. The van der Waals surface area contributed by atoms with Gasteiger partial charge in [0.2, 0.25) is 0 Å². The minimum atomic E-state index is -1.88. The Hall–Kier alpha value is -3.09. The van der Waals surface area contributed by atoms with E-state index in [-0.39, 0.29) is 23.8 Å². The number of aromatic nitrogens is 5. The lowest BCUT2D eigenvalue weighted by Gasteiger charge is -2.40. The van der Waals surface area contributed by atoms with Gasteiger partial charge in [-0.2, -0.15) is 0 Å². The normalized spacial score (nSPS) is 21.6. The van der Waals surface area contributed by atoms with Crippen molar-refractivity contribution in [2.24, 2.45) is 0 Å². The van der Waals surface area contributed by atoms with Gasteiger partial charge in [-0.05, 0) is 19.9 Å². The summed E-state index contributed by atoms with van der Waals surface area (Å²) >= 11 is -1.88. The van der Waals surface area contributed by atoms with Gasteiger partial charge in [-0.1, -0.05) is 0 Å². The Labute approximate surface area is 205 Å². The molecule has 0 aliphatic carbocycles. The summed E-state index contributed by atoms with van der Waals surface area (Å²) in [6.07, 6.45) is 5.80. The molecule has 3 aromatic heterocycles. The molecule has 0 aromatic carbocycles. The second-order valence-electron chi connectivity index (χ2n) is 8.85. The molecule has 3 unspecified atom stereocenters. The number of nitrogens with zero attached hydrogens (tertiary/aromatic N) is 8. The number of pyridine rings is 1. The van der Waals surface area contributed by atoms with Crippen LogP contribution in [0.5, 0.6) is 0 Å². The molecule has 184 valence electrons. The van der Waals surface area contributed by atoms with E-state index in [1.807, 2.05) is 23.6 Å². The molecule has 1 fully saturated rings. The Bertz CT molecular complexity index is 1230. The molecule has 0 bridgehead atoms. The van der Waals surface area contributed by atoms with Crippen LogP contribution in [0.4, 0.5) is 16.0 Å². The van der Waals surface area contributed by atoms with Crippen LogP contribution in [0.1, 0.15) is 31.1 Å². The van der Waals surface area contributed by atoms with Crippen LogP contribution in [0.3, 0.4) is 0 Å². The maximum Gasteiger partial charge on any atom is 0.197 e. The summed E-state index contributed by atoms with van der Waals surface area (Å²) < 4.78 is 35.2. The molecule has 2 aliphatic heterocycles. The summed E-state index contributed by atoms with van der Waals surface area (Å²) in [5.41, 5.74) is 1.91. The quantitative estimate of drug-likeness (QED) is 0.526. The number of hydrogen-bond acceptors (Lipinski definition) is 9. The molecule has 3 atom stereocenters. The summed E-state index contributed by atoms with van der Waals surface area (Å²) in [6, 6.07) is 4.64. The summed E-state index contributed by atoms with van der Waals surface area (Å²) in [6.45, 7) is 6.50. The molecule has 5 heterocycles. The van der Waals surface area contributed by atoms with Gasteiger partial charge in [-0.25, -0.2) is 33.5 Å². The van der Waals surface area contributed by atoms with Crippen LogP contribution < -0.4 is 9.80 Å². The van der Waals surface area contributed by atoms with Crippen LogP contribution >= 0.6 is 0 Å². The van der Waals surface area contributed by atoms with Crippen molar-refractivity contribution in [2.45, 2.75) is 32.4 Å². The fourth-order valence-corrected chi connectivity index (χ4v) is 5.38. The van der Waals surface area contributed by atoms with Crippen molar-refractivity contribution in [1.29, 1.82) is 0 Å². The largest absolute Gasteiger partial charge is 0.354 e. The van der Waals surface area contributed by atoms with E-state index in [9.17, 15) is 13.2 Å². The van der Waals surface area contributed by atoms with E-state index in [1.54, 1.807) is 24.7 Å². The number of piperazine rings is 1. The summed E-state index contributed by atoms with van der Waals surface area (Å²) in [4.78, 5) is 28.5. The lowest BCUT2D eigenvalue weighted by atomic mass is 9.99. The van der Waals surface area contributed by atoms with Crippen molar-refractivity contribution in [1.82, 2.24) is 29.8 Å². The van der Waals surface area contributed by atoms with Crippen molar-refractivity contribution < 1.29 is 13.2 Å². The smallest absolute Gasteiger partial charge is 0.197 e. The minimum Gasteiger partial charge on any atom is -0.354 e. The van der Waals surface area contributed by atoms with Gasteiger partial charge >= 0.3 is 0 Å². The third-order valence-electron chi connectivity index (χ3n) is 6.60. The average molecular weight is 499 g/mol. The van der Waals surface area contributed by atoms with Crippen LogP contribution in [0, 0.1) is 5.82 Å². The Morgan fingerprint density at radius 1 is 1.06 bits per heavy atom. The van der Waals surface area contributed by atoms with E-state index in [0.717, 1.165) is 11.3 Å². The zero-order chi connectivity index (χ0) is 24.5. The van der Waals surface area contributed by atoms with Crippen LogP contribution in [0.25, 0.3) is 11.6 Å². The zero-order valence-corrected chi connectivity index (χ0v) is 20.4. The summed E-state index contributed by atoms with van der Waals surface area (Å²) in [5.74, 6) is 1.89. The number of halogens is 1. The monoisotopic (exact) mass is 498 g/mol. The molecule has 0 amide bonds. The van der Waals surface area contributed by atoms with E-state index in [1.165, 1.54) is 12.1 Å². The molecule has 10 nitrogen and oxygen atoms in total. The first-order valence-electron chi connectivity index (χ1n) is 11.5. The van der Waals surface area contributed by atoms with Crippen molar-refractivity contribution in [3.63, 3.8) is 0 Å². The lowest BCUT2D eigenvalue weighted by molar-refractivity contribution is 0.218. The van der Waals surface area contributed by atoms with Gasteiger partial charge in [0.05, 0.1) is 11.7 Å². The van der Waals surface area contributed by atoms with Gasteiger partial charge in [-0.3, -0.25) is 4.90 Å². The van der Waals surface area contributed by atoms with Crippen LogP contribution in [0.15, 0.2) is 36.8 Å². The van der Waals surface area contributed by atoms with Crippen LogP contribution in [-0.4, -0.2) is 76.7 Å². The molecule has 1 saturated heterocycles. The van der Waals surface area contributed by atoms with Crippen LogP contribution in [-0.2, 0) is 17.5 Å². The fourth-order valence-electron chi connectivity index (χ4n) is 4.72. The number of anilines is 2. The highest BCUT2D eigenvalue weighted by Crippen LogP contribution is 2.33. The van der Waals surface area contributed by atoms with Crippen molar-refractivity contribution in [2.75, 3.05) is 41.9 Å². The van der Waals surface area contributed by atoms with Crippen LogP contribution in [0.2, 0.25) is 0 Å². The van der Waals surface area contributed by atoms with Gasteiger partial charge in [-0.15, -0.1) is 0 Å². The Morgan fingerprint density at radius 3 is 2.57 bits per heavy atom. The molecule has 12 heteroatoms. The van der Waals surface area contributed by atoms with Gasteiger partial charge in [0, 0.05) is 74.9 Å². The Balaban J connectivity index is 1.36. The number of hydrogen-bond donors (Lipinski definition) is 1. The highest BCUT2D eigenvalue weighted by molar-refractivity contribution is 7.79. The first kappa shape index (κ1) is 23.6. The molecule has 5 rings (SSSR count). The molecular formula is C23H27FN8O2S. The van der Waals surface area contributed by atoms with E-state index in [0.29, 0.717) is 55.9 Å². The highest BCUT2D eigenvalue weighted by atomic mass is 32.2. The van der Waals surface area contributed by atoms with E-state index in [2.05, 4.69) is 19.9 Å². The third-order valence-corrected chi connectivity index (χ3v) is 7.15. The molecule has 1 N–H and O–H groups in total. The van der Waals surface area contributed by atoms with Crippen molar-refractivity contribution >= 4 is 22.7 Å². The first-order chi connectivity index (χ1) is 16.9. The molecule has 3 aromatic rings. The molecule has 0 spiro atoms. The van der Waals surface area contributed by atoms with Gasteiger partial charge in [0.1, 0.15) is 23.3 Å². The standard InChI is InChI=1S/C23H27FN8O2S/c1-15-13-30(8-9-31(15)14-35(33)34)20-10-17(24)11-21(29-20)32-7-4-19-18(16(32)2)12-27-23(28-19)22-25-5-3-6-26-22/h3,5-6,10-12,15-16H,4,7-9,13-14H2,1-2H3,(H,33,34). The predicted molar refractivity (Wildman–Crippen MR) is 131 cm³/mol. The number of fused-ring (bicyclic) bond motifs is 1. The Morgan fingerprint density at radius 2 is 1.83 bits per heavy atom.